The van der Waals surface area contributed by atoms with Crippen LogP contribution in [0.2, 0.25) is 0 Å². The van der Waals surface area contributed by atoms with E-state index >= 15 is 0 Å². The molecule has 4 aliphatic rings. The molecule has 4 rings (SSSR count). The molecule has 4 saturated heterocycles. The van der Waals surface area contributed by atoms with Crippen LogP contribution in [-0.4, -0.2) is 81.8 Å². The van der Waals surface area contributed by atoms with Gasteiger partial charge in [-0.15, -0.1) is 0 Å². The molecule has 0 amide bonds. The highest BCUT2D eigenvalue weighted by Crippen LogP contribution is 2.20. The fourth-order valence-electron chi connectivity index (χ4n) is 3.32. The van der Waals surface area contributed by atoms with E-state index in [9.17, 15) is 9.59 Å². The highest BCUT2D eigenvalue weighted by molar-refractivity contribution is 5.66. The van der Waals surface area contributed by atoms with Gasteiger partial charge in [0, 0.05) is 12.8 Å². The number of unbranched alkanes of at least 4 members (excludes halogenated alkanes) is 4. The number of rotatable bonds is 8. The molecule has 0 atom stereocenters. The molecule has 4 heterocycles. The Labute approximate surface area is 137 Å². The van der Waals surface area contributed by atoms with E-state index in [-0.39, 0.29) is 12.8 Å². The largest absolute Gasteiger partial charge is 0.481 e. The normalized spacial score (nSPS) is 30.6. The summed E-state index contributed by atoms with van der Waals surface area (Å²) in [7, 11) is 0. The van der Waals surface area contributed by atoms with Crippen molar-refractivity contribution in [3.63, 3.8) is 0 Å². The standard InChI is InChI=1S/C9H16O4.C6H12N4/c10-8(11)6-4-2-1-3-5-7-9(12)13;1-7-2-9-4-8(1)5-10(3-7)6-9/h1-7H2,(H,10,11)(H,12,13);1-6H2. The van der Waals surface area contributed by atoms with E-state index in [4.69, 9.17) is 10.2 Å². The number of carboxylic acid groups (broad SMARTS) is 2. The molecule has 0 aromatic heterocycles. The molecular weight excluding hydrogens is 300 g/mol. The minimum Gasteiger partial charge on any atom is -0.481 e. The number of aliphatic carboxylic acids is 2. The minimum absolute atomic E-state index is 0.221. The first-order valence-corrected chi connectivity index (χ1v) is 8.36. The van der Waals surface area contributed by atoms with Gasteiger partial charge in [0.25, 0.3) is 0 Å². The monoisotopic (exact) mass is 328 g/mol. The molecule has 0 radical (unpaired) electrons. The van der Waals surface area contributed by atoms with Crippen LogP contribution in [0.1, 0.15) is 44.9 Å². The maximum Gasteiger partial charge on any atom is 0.303 e. The van der Waals surface area contributed by atoms with E-state index in [0.717, 1.165) is 19.3 Å². The van der Waals surface area contributed by atoms with Gasteiger partial charge in [0.05, 0.1) is 40.0 Å². The molecule has 0 spiro atoms. The van der Waals surface area contributed by atoms with Crippen LogP contribution in [0.5, 0.6) is 0 Å². The summed E-state index contributed by atoms with van der Waals surface area (Å²) in [5.41, 5.74) is 0. The molecule has 132 valence electrons. The second kappa shape index (κ2) is 9.17. The van der Waals surface area contributed by atoms with Crippen LogP contribution in [0.4, 0.5) is 0 Å². The average molecular weight is 328 g/mol. The molecule has 4 aliphatic heterocycles. The van der Waals surface area contributed by atoms with Crippen molar-refractivity contribution in [3.8, 4) is 0 Å². The molecule has 8 nitrogen and oxygen atoms in total. The van der Waals surface area contributed by atoms with Crippen LogP contribution in [0, 0.1) is 0 Å². The summed E-state index contributed by atoms with van der Waals surface area (Å²) in [6, 6.07) is 0. The Morgan fingerprint density at radius 1 is 0.565 bits per heavy atom. The van der Waals surface area contributed by atoms with Crippen LogP contribution in [0.25, 0.3) is 0 Å². The fraction of sp³-hybridized carbons (Fsp3) is 0.867. The van der Waals surface area contributed by atoms with Gasteiger partial charge in [-0.05, 0) is 12.8 Å². The number of carbonyl (C=O) groups is 2. The molecule has 2 N–H and O–H groups in total. The fourth-order valence-corrected chi connectivity index (χ4v) is 3.32. The number of nitrogens with zero attached hydrogens (tertiary/aromatic N) is 4. The zero-order valence-corrected chi connectivity index (χ0v) is 13.7. The highest BCUT2D eigenvalue weighted by Gasteiger charge is 2.36. The summed E-state index contributed by atoms with van der Waals surface area (Å²) in [5.74, 6) is -1.52. The van der Waals surface area contributed by atoms with Crippen molar-refractivity contribution in [2.45, 2.75) is 44.9 Å². The second-order valence-electron chi connectivity index (χ2n) is 6.59. The zero-order chi connectivity index (χ0) is 16.7. The molecular formula is C15H28N4O4. The lowest BCUT2D eigenvalue weighted by atomic mass is 10.1. The topological polar surface area (TPSA) is 87.6 Å². The smallest absolute Gasteiger partial charge is 0.303 e. The van der Waals surface area contributed by atoms with Gasteiger partial charge >= 0.3 is 11.9 Å². The number of hydrogen-bond acceptors (Lipinski definition) is 6. The Kier molecular flexibility index (Phi) is 7.22. The van der Waals surface area contributed by atoms with E-state index < -0.39 is 11.9 Å². The van der Waals surface area contributed by atoms with Gasteiger partial charge in [-0.2, -0.15) is 0 Å². The first-order valence-electron chi connectivity index (χ1n) is 8.36. The van der Waals surface area contributed by atoms with Crippen molar-refractivity contribution in [1.29, 1.82) is 0 Å². The predicted molar refractivity (Wildman–Crippen MR) is 84.1 cm³/mol. The van der Waals surface area contributed by atoms with Crippen molar-refractivity contribution in [3.05, 3.63) is 0 Å². The maximum atomic E-state index is 10.1. The van der Waals surface area contributed by atoms with E-state index in [1.54, 1.807) is 0 Å². The van der Waals surface area contributed by atoms with Gasteiger partial charge in [-0.25, -0.2) is 0 Å². The molecule has 0 saturated carbocycles. The van der Waals surface area contributed by atoms with Gasteiger partial charge in [0.15, 0.2) is 0 Å². The van der Waals surface area contributed by atoms with Crippen LogP contribution in [-0.2, 0) is 9.59 Å². The first-order chi connectivity index (χ1) is 11.0. The molecule has 0 aliphatic carbocycles. The zero-order valence-electron chi connectivity index (χ0n) is 13.7. The first kappa shape index (κ1) is 18.1. The summed E-state index contributed by atoms with van der Waals surface area (Å²) >= 11 is 0. The minimum atomic E-state index is -0.759. The Morgan fingerprint density at radius 2 is 0.826 bits per heavy atom. The van der Waals surface area contributed by atoms with Gasteiger partial charge in [-0.3, -0.25) is 29.2 Å². The SMILES string of the molecule is C1N2CN3CN1CN(C2)C3.O=C(O)CCCCCCCC(=O)O. The lowest BCUT2D eigenvalue weighted by Crippen LogP contribution is -2.71. The van der Waals surface area contributed by atoms with Crippen molar-refractivity contribution < 1.29 is 19.8 Å². The van der Waals surface area contributed by atoms with Crippen molar-refractivity contribution >= 4 is 11.9 Å². The highest BCUT2D eigenvalue weighted by atomic mass is 16.4. The van der Waals surface area contributed by atoms with Gasteiger partial charge in [0.2, 0.25) is 0 Å². The molecule has 23 heavy (non-hydrogen) atoms. The Hall–Kier alpha value is -1.22. The summed E-state index contributed by atoms with van der Waals surface area (Å²) in [6.45, 7) is 7.12. The van der Waals surface area contributed by atoms with E-state index in [1.807, 2.05) is 0 Å². The van der Waals surface area contributed by atoms with Crippen LogP contribution in [0.15, 0.2) is 0 Å². The quantitative estimate of drug-likeness (QED) is 0.635. The maximum absolute atomic E-state index is 10.1. The second-order valence-corrected chi connectivity index (χ2v) is 6.59. The summed E-state index contributed by atoms with van der Waals surface area (Å²) < 4.78 is 0. The molecule has 8 heteroatoms. The van der Waals surface area contributed by atoms with Gasteiger partial charge in [-0.1, -0.05) is 19.3 Å². The van der Waals surface area contributed by atoms with Crippen LogP contribution in [0.3, 0.4) is 0 Å². The number of hydrogen-bond donors (Lipinski definition) is 2. The molecule has 4 fully saturated rings. The third kappa shape index (κ3) is 6.82. The molecule has 0 aromatic carbocycles. The summed E-state index contributed by atoms with van der Waals surface area (Å²) in [6.07, 6.45) is 4.53. The lowest BCUT2D eigenvalue weighted by Gasteiger charge is -2.56. The van der Waals surface area contributed by atoms with E-state index in [0.29, 0.717) is 12.8 Å². The van der Waals surface area contributed by atoms with Crippen LogP contribution >= 0.6 is 0 Å². The number of carboxylic acids is 2. The Morgan fingerprint density at radius 3 is 1.09 bits per heavy atom. The molecule has 0 unspecified atom stereocenters. The van der Waals surface area contributed by atoms with E-state index in [1.165, 1.54) is 40.0 Å². The van der Waals surface area contributed by atoms with Gasteiger partial charge in [0.1, 0.15) is 0 Å². The third-order valence-electron chi connectivity index (χ3n) is 4.18. The molecule has 4 bridgehead atoms. The van der Waals surface area contributed by atoms with Crippen LogP contribution < -0.4 is 0 Å². The van der Waals surface area contributed by atoms with E-state index in [2.05, 4.69) is 19.6 Å². The predicted octanol–water partition coefficient (Wildman–Crippen LogP) is 0.867. The molecule has 0 aromatic rings. The lowest BCUT2D eigenvalue weighted by molar-refractivity contribution is -0.194. The third-order valence-corrected chi connectivity index (χ3v) is 4.18. The summed E-state index contributed by atoms with van der Waals surface area (Å²) in [5, 5.41) is 16.6. The van der Waals surface area contributed by atoms with Crippen molar-refractivity contribution in [1.82, 2.24) is 19.6 Å². The van der Waals surface area contributed by atoms with Crippen molar-refractivity contribution in [2.75, 3.05) is 40.0 Å². The Balaban J connectivity index is 0.000000170. The summed E-state index contributed by atoms with van der Waals surface area (Å²) in [4.78, 5) is 30.1. The van der Waals surface area contributed by atoms with Crippen molar-refractivity contribution in [2.24, 2.45) is 0 Å². The average Bonchev–Trinajstić information content (AvgIpc) is 2.45. The Bertz CT molecular complexity index is 330. The van der Waals surface area contributed by atoms with Gasteiger partial charge < -0.3 is 10.2 Å².